The van der Waals surface area contributed by atoms with E-state index >= 15 is 0 Å². The highest BCUT2D eigenvalue weighted by Crippen LogP contribution is 2.24. The molecule has 1 aromatic heterocycles. The van der Waals surface area contributed by atoms with E-state index in [0.29, 0.717) is 22.4 Å². The normalized spacial score (nSPS) is 11.8. The average Bonchev–Trinajstić information content (AvgIpc) is 3.16. The molecule has 1 heterocycles. The molecule has 2 N–H and O–H groups in total. The van der Waals surface area contributed by atoms with Crippen molar-refractivity contribution in [3.05, 3.63) is 54.1 Å². The Hall–Kier alpha value is -2.80. The van der Waals surface area contributed by atoms with Gasteiger partial charge in [-0.15, -0.1) is 5.10 Å². The first kappa shape index (κ1) is 19.0. The lowest BCUT2D eigenvalue weighted by Crippen LogP contribution is -2.22. The number of benzene rings is 2. The lowest BCUT2D eigenvalue weighted by molar-refractivity contribution is -0.115. The van der Waals surface area contributed by atoms with Gasteiger partial charge in [0, 0.05) is 17.3 Å². The second-order valence-corrected chi connectivity index (χ2v) is 7.31. The standard InChI is InChI=1S/C20H22N4O2S/c1-4-14-8-10-15(11-9-14)18-22-20(24-23-18)27-13(2)19(25)21-16-6-5-7-17(12-16)26-3/h5-13H,4H2,1-3H3,(H,21,25)(H,22,23,24)/t13-/m1/s1. The predicted octanol–water partition coefficient (Wildman–Crippen LogP) is 4.16. The molecule has 3 rings (SSSR count). The Bertz CT molecular complexity index is 908. The number of carbonyl (C=O) groups excluding carboxylic acids is 1. The molecule has 3 aromatic rings. The number of amides is 1. The first-order chi connectivity index (χ1) is 13.1. The molecule has 1 amide bonds. The van der Waals surface area contributed by atoms with Gasteiger partial charge in [0.2, 0.25) is 11.1 Å². The van der Waals surface area contributed by atoms with E-state index in [2.05, 4.69) is 39.6 Å². The van der Waals surface area contributed by atoms with Gasteiger partial charge in [0.15, 0.2) is 5.82 Å². The summed E-state index contributed by atoms with van der Waals surface area (Å²) in [4.78, 5) is 16.9. The summed E-state index contributed by atoms with van der Waals surface area (Å²) in [5.74, 6) is 1.27. The fraction of sp³-hybridized carbons (Fsp3) is 0.250. The summed E-state index contributed by atoms with van der Waals surface area (Å²) in [7, 11) is 1.59. The molecule has 0 aliphatic rings. The molecule has 7 heteroatoms. The number of aromatic nitrogens is 3. The SMILES string of the molecule is CCc1ccc(-c2nc(S[C@H](C)C(=O)Nc3cccc(OC)c3)n[nH]2)cc1. The summed E-state index contributed by atoms with van der Waals surface area (Å²) in [5.41, 5.74) is 2.94. The molecule has 2 aromatic carbocycles. The zero-order valence-corrected chi connectivity index (χ0v) is 16.3. The van der Waals surface area contributed by atoms with Gasteiger partial charge in [0.25, 0.3) is 0 Å². The maximum absolute atomic E-state index is 12.4. The highest BCUT2D eigenvalue weighted by molar-refractivity contribution is 8.00. The molecule has 0 unspecified atom stereocenters. The molecule has 0 fully saturated rings. The first-order valence-corrected chi connectivity index (χ1v) is 9.60. The quantitative estimate of drug-likeness (QED) is 0.600. The smallest absolute Gasteiger partial charge is 0.237 e. The van der Waals surface area contributed by atoms with Crippen LogP contribution in [-0.2, 0) is 11.2 Å². The van der Waals surface area contributed by atoms with Crippen LogP contribution in [0.25, 0.3) is 11.4 Å². The van der Waals surface area contributed by atoms with Gasteiger partial charge in [-0.1, -0.05) is 49.0 Å². The number of carbonyl (C=O) groups is 1. The van der Waals surface area contributed by atoms with Crippen molar-refractivity contribution < 1.29 is 9.53 Å². The van der Waals surface area contributed by atoms with Crippen molar-refractivity contribution in [2.45, 2.75) is 30.7 Å². The van der Waals surface area contributed by atoms with Crippen molar-refractivity contribution in [1.82, 2.24) is 15.2 Å². The zero-order chi connectivity index (χ0) is 19.2. The Kier molecular flexibility index (Phi) is 6.13. The number of hydrogen-bond acceptors (Lipinski definition) is 5. The summed E-state index contributed by atoms with van der Waals surface area (Å²) in [6, 6.07) is 15.5. The number of anilines is 1. The van der Waals surface area contributed by atoms with E-state index in [4.69, 9.17) is 4.74 Å². The van der Waals surface area contributed by atoms with E-state index in [1.807, 2.05) is 37.3 Å². The van der Waals surface area contributed by atoms with Crippen LogP contribution in [0.3, 0.4) is 0 Å². The third-order valence-corrected chi connectivity index (χ3v) is 5.05. The number of hydrogen-bond donors (Lipinski definition) is 2. The van der Waals surface area contributed by atoms with Gasteiger partial charge in [0.1, 0.15) is 5.75 Å². The second-order valence-electron chi connectivity index (χ2n) is 6.00. The van der Waals surface area contributed by atoms with Crippen molar-refractivity contribution in [2.24, 2.45) is 0 Å². The lowest BCUT2D eigenvalue weighted by Gasteiger charge is -2.10. The van der Waals surface area contributed by atoms with Crippen molar-refractivity contribution >= 4 is 23.4 Å². The number of rotatable bonds is 7. The Morgan fingerprint density at radius 2 is 2.04 bits per heavy atom. The maximum atomic E-state index is 12.4. The van der Waals surface area contributed by atoms with Gasteiger partial charge in [-0.05, 0) is 31.0 Å². The zero-order valence-electron chi connectivity index (χ0n) is 15.5. The number of aromatic amines is 1. The van der Waals surface area contributed by atoms with E-state index in [9.17, 15) is 4.79 Å². The molecule has 0 aliphatic heterocycles. The number of H-pyrrole nitrogens is 1. The van der Waals surface area contributed by atoms with Crippen molar-refractivity contribution in [1.29, 1.82) is 0 Å². The molecule has 1 atom stereocenters. The van der Waals surface area contributed by atoms with Crippen molar-refractivity contribution in [2.75, 3.05) is 12.4 Å². The molecule has 0 saturated heterocycles. The van der Waals surface area contributed by atoms with Crippen LogP contribution in [0.2, 0.25) is 0 Å². The average molecular weight is 382 g/mol. The van der Waals surface area contributed by atoms with E-state index in [-0.39, 0.29) is 11.2 Å². The number of methoxy groups -OCH3 is 1. The highest BCUT2D eigenvalue weighted by atomic mass is 32.2. The molecular formula is C20H22N4O2S. The number of thioether (sulfide) groups is 1. The van der Waals surface area contributed by atoms with Gasteiger partial charge in [-0.3, -0.25) is 9.89 Å². The fourth-order valence-electron chi connectivity index (χ4n) is 2.48. The van der Waals surface area contributed by atoms with Crippen LogP contribution in [0.5, 0.6) is 5.75 Å². The van der Waals surface area contributed by atoms with Crippen LogP contribution in [0.15, 0.2) is 53.7 Å². The lowest BCUT2D eigenvalue weighted by atomic mass is 10.1. The second kappa shape index (κ2) is 8.73. The monoisotopic (exact) mass is 382 g/mol. The summed E-state index contributed by atoms with van der Waals surface area (Å²) < 4.78 is 5.17. The molecule has 0 bridgehead atoms. The van der Waals surface area contributed by atoms with E-state index in [1.54, 1.807) is 13.2 Å². The van der Waals surface area contributed by atoms with Gasteiger partial charge < -0.3 is 10.1 Å². The molecule has 0 saturated carbocycles. The summed E-state index contributed by atoms with van der Waals surface area (Å²) in [5, 5.41) is 10.2. The summed E-state index contributed by atoms with van der Waals surface area (Å²) in [6.45, 7) is 3.95. The molecule has 6 nitrogen and oxygen atoms in total. The number of ether oxygens (including phenoxy) is 1. The van der Waals surface area contributed by atoms with E-state index in [1.165, 1.54) is 17.3 Å². The van der Waals surface area contributed by atoms with Gasteiger partial charge >= 0.3 is 0 Å². The Morgan fingerprint density at radius 1 is 1.26 bits per heavy atom. The van der Waals surface area contributed by atoms with Gasteiger partial charge in [-0.2, -0.15) is 0 Å². The summed E-state index contributed by atoms with van der Waals surface area (Å²) >= 11 is 1.31. The fourth-order valence-corrected chi connectivity index (χ4v) is 3.21. The summed E-state index contributed by atoms with van der Waals surface area (Å²) in [6.07, 6.45) is 0.998. The molecule has 0 spiro atoms. The van der Waals surface area contributed by atoms with Crippen molar-refractivity contribution in [3.63, 3.8) is 0 Å². The Morgan fingerprint density at radius 3 is 2.74 bits per heavy atom. The van der Waals surface area contributed by atoms with Crippen LogP contribution in [0.1, 0.15) is 19.4 Å². The Balaban J connectivity index is 1.62. The molecule has 27 heavy (non-hydrogen) atoms. The van der Waals surface area contributed by atoms with Crippen LogP contribution < -0.4 is 10.1 Å². The molecule has 140 valence electrons. The van der Waals surface area contributed by atoms with Crippen LogP contribution >= 0.6 is 11.8 Å². The minimum Gasteiger partial charge on any atom is -0.497 e. The minimum absolute atomic E-state index is 0.119. The van der Waals surface area contributed by atoms with Gasteiger partial charge in [0.05, 0.1) is 12.4 Å². The van der Waals surface area contributed by atoms with Crippen LogP contribution in [0.4, 0.5) is 5.69 Å². The molecular weight excluding hydrogens is 360 g/mol. The van der Waals surface area contributed by atoms with E-state index < -0.39 is 0 Å². The largest absolute Gasteiger partial charge is 0.497 e. The van der Waals surface area contributed by atoms with Crippen LogP contribution in [0, 0.1) is 0 Å². The highest BCUT2D eigenvalue weighted by Gasteiger charge is 2.18. The third-order valence-electron chi connectivity index (χ3n) is 4.09. The molecule has 0 aliphatic carbocycles. The third kappa shape index (κ3) is 4.89. The topological polar surface area (TPSA) is 79.9 Å². The maximum Gasteiger partial charge on any atom is 0.237 e. The van der Waals surface area contributed by atoms with E-state index in [0.717, 1.165) is 12.0 Å². The predicted molar refractivity (Wildman–Crippen MR) is 108 cm³/mol. The van der Waals surface area contributed by atoms with Gasteiger partial charge in [-0.25, -0.2) is 4.98 Å². The number of aryl methyl sites for hydroxylation is 1. The number of nitrogens with zero attached hydrogens (tertiary/aromatic N) is 2. The molecule has 0 radical (unpaired) electrons. The van der Waals surface area contributed by atoms with Crippen LogP contribution in [-0.4, -0.2) is 33.4 Å². The van der Waals surface area contributed by atoms with Crippen molar-refractivity contribution in [3.8, 4) is 17.1 Å². The minimum atomic E-state index is -0.345. The number of nitrogens with one attached hydrogen (secondary N) is 2. The first-order valence-electron chi connectivity index (χ1n) is 8.72. The Labute approximate surface area is 162 Å².